The largest absolute Gasteiger partial charge is 0.542 e. The highest BCUT2D eigenvalue weighted by atomic mass is 32.2. The summed E-state index contributed by atoms with van der Waals surface area (Å²) in [5.41, 5.74) is 1.40. The third-order valence-electron chi connectivity index (χ3n) is 3.97. The number of aliphatic carboxylic acids is 1. The van der Waals surface area contributed by atoms with Crippen LogP contribution in [0.3, 0.4) is 0 Å². The van der Waals surface area contributed by atoms with Crippen LogP contribution in [-0.2, 0) is 15.7 Å². The van der Waals surface area contributed by atoms with E-state index in [0.717, 1.165) is 0 Å². The SMILES string of the molecule is CC(C)c1ccc([S+](c2ccccc2)c2ccccc2)cc1.O=C([O-])C(F)(F)F. The molecule has 0 unspecified atom stereocenters. The van der Waals surface area contributed by atoms with Gasteiger partial charge >= 0.3 is 6.18 Å². The summed E-state index contributed by atoms with van der Waals surface area (Å²) in [5, 5.41) is 8.78. The summed E-state index contributed by atoms with van der Waals surface area (Å²) in [6, 6.07) is 30.7. The molecule has 0 N–H and O–H groups in total. The highest BCUT2D eigenvalue weighted by Crippen LogP contribution is 2.31. The van der Waals surface area contributed by atoms with Crippen LogP contribution in [0.5, 0.6) is 0 Å². The van der Waals surface area contributed by atoms with Crippen molar-refractivity contribution in [1.29, 1.82) is 0 Å². The van der Waals surface area contributed by atoms with E-state index in [0.29, 0.717) is 5.92 Å². The summed E-state index contributed by atoms with van der Waals surface area (Å²) >= 11 is 0. The molecule has 0 bridgehead atoms. The van der Waals surface area contributed by atoms with E-state index in [4.69, 9.17) is 9.90 Å². The molecule has 0 amide bonds. The lowest BCUT2D eigenvalue weighted by Gasteiger charge is -2.09. The number of carbonyl (C=O) groups excluding carboxylic acids is 1. The van der Waals surface area contributed by atoms with Crippen LogP contribution in [0.15, 0.2) is 99.6 Å². The summed E-state index contributed by atoms with van der Waals surface area (Å²) in [4.78, 5) is 12.9. The summed E-state index contributed by atoms with van der Waals surface area (Å²) in [6.45, 7) is 4.48. The Bertz CT molecular complexity index is 853. The van der Waals surface area contributed by atoms with E-state index in [9.17, 15) is 13.2 Å². The van der Waals surface area contributed by atoms with Crippen molar-refractivity contribution in [3.63, 3.8) is 0 Å². The molecule has 0 saturated carbocycles. The van der Waals surface area contributed by atoms with Gasteiger partial charge in [-0.25, -0.2) is 0 Å². The number of carboxylic acids is 1. The van der Waals surface area contributed by atoms with Crippen LogP contribution in [0.4, 0.5) is 13.2 Å². The number of hydrogen-bond donors (Lipinski definition) is 0. The number of halogens is 3. The maximum atomic E-state index is 10.5. The summed E-state index contributed by atoms with van der Waals surface area (Å²) in [5.74, 6) is -2.43. The van der Waals surface area contributed by atoms with Gasteiger partial charge in [-0.1, -0.05) is 62.4 Å². The molecule has 3 aromatic rings. The minimum atomic E-state index is -5.19. The van der Waals surface area contributed by atoms with E-state index in [-0.39, 0.29) is 10.9 Å². The number of rotatable bonds is 4. The van der Waals surface area contributed by atoms with Crippen molar-refractivity contribution < 1.29 is 23.1 Å². The molecule has 0 aromatic heterocycles. The molecular weight excluding hydrogens is 397 g/mol. The Balaban J connectivity index is 0.000000370. The number of carboxylic acid groups (broad SMARTS) is 1. The lowest BCUT2D eigenvalue weighted by Crippen LogP contribution is -2.37. The first-order valence-corrected chi connectivity index (χ1v) is 10.1. The summed E-state index contributed by atoms with van der Waals surface area (Å²) in [6.07, 6.45) is -5.19. The molecule has 0 aliphatic heterocycles. The zero-order chi connectivity index (χ0) is 21.4. The van der Waals surface area contributed by atoms with Crippen LogP contribution in [0.1, 0.15) is 25.3 Å². The van der Waals surface area contributed by atoms with Crippen molar-refractivity contribution in [2.45, 2.75) is 40.6 Å². The second-order valence-corrected chi connectivity index (χ2v) is 8.47. The van der Waals surface area contributed by atoms with Crippen molar-refractivity contribution in [2.75, 3.05) is 0 Å². The standard InChI is InChI=1S/C21H21S.C2HF3O2/c1-17(2)18-13-15-21(16-14-18)22(19-9-5-3-6-10-19)20-11-7-4-8-12-20;3-2(4,5)1(6)7/h3-17H,1-2H3;(H,6,7)/q+1;/p-1. The average Bonchev–Trinajstić information content (AvgIpc) is 2.70. The van der Waals surface area contributed by atoms with Crippen molar-refractivity contribution in [2.24, 2.45) is 0 Å². The Morgan fingerprint density at radius 2 is 1.10 bits per heavy atom. The predicted octanol–water partition coefficient (Wildman–Crippen LogP) is 5.20. The van der Waals surface area contributed by atoms with Gasteiger partial charge < -0.3 is 9.90 Å². The van der Waals surface area contributed by atoms with Gasteiger partial charge in [-0.2, -0.15) is 13.2 Å². The molecule has 0 aliphatic carbocycles. The first-order valence-electron chi connectivity index (χ1n) is 8.92. The number of benzene rings is 3. The molecule has 152 valence electrons. The lowest BCUT2D eigenvalue weighted by molar-refractivity contribution is -0.344. The normalized spacial score (nSPS) is 11.1. The Morgan fingerprint density at radius 1 is 0.759 bits per heavy atom. The van der Waals surface area contributed by atoms with Gasteiger partial charge in [0.15, 0.2) is 14.7 Å². The summed E-state index contributed by atoms with van der Waals surface area (Å²) in [7, 11) is -0.0361. The maximum absolute atomic E-state index is 10.5. The molecule has 0 fully saturated rings. The van der Waals surface area contributed by atoms with Gasteiger partial charge in [-0.05, 0) is 47.9 Å². The first-order chi connectivity index (χ1) is 13.7. The Labute approximate surface area is 171 Å². The zero-order valence-electron chi connectivity index (χ0n) is 16.0. The first kappa shape index (κ1) is 22.6. The van der Waals surface area contributed by atoms with Crippen molar-refractivity contribution in [3.05, 3.63) is 90.5 Å². The van der Waals surface area contributed by atoms with Crippen molar-refractivity contribution in [1.82, 2.24) is 0 Å². The van der Waals surface area contributed by atoms with Gasteiger partial charge in [-0.15, -0.1) is 0 Å². The van der Waals surface area contributed by atoms with Crippen LogP contribution >= 0.6 is 0 Å². The molecule has 2 nitrogen and oxygen atoms in total. The molecule has 6 heteroatoms. The van der Waals surface area contributed by atoms with E-state index in [1.165, 1.54) is 20.2 Å². The van der Waals surface area contributed by atoms with Crippen molar-refractivity contribution in [3.8, 4) is 0 Å². The molecule has 0 radical (unpaired) electrons. The quantitative estimate of drug-likeness (QED) is 0.546. The minimum absolute atomic E-state index is 0.0361. The van der Waals surface area contributed by atoms with E-state index in [1.54, 1.807) is 0 Å². The van der Waals surface area contributed by atoms with Crippen LogP contribution < -0.4 is 5.11 Å². The molecular formula is C23H21F3O2S. The second-order valence-electron chi connectivity index (χ2n) is 6.44. The van der Waals surface area contributed by atoms with Crippen LogP contribution in [0.2, 0.25) is 0 Å². The van der Waals surface area contributed by atoms with Gasteiger partial charge in [0, 0.05) is 0 Å². The topological polar surface area (TPSA) is 40.1 Å². The highest BCUT2D eigenvalue weighted by molar-refractivity contribution is 7.97. The number of hydrogen-bond acceptors (Lipinski definition) is 2. The summed E-state index contributed by atoms with van der Waals surface area (Å²) < 4.78 is 31.5. The van der Waals surface area contributed by atoms with Crippen LogP contribution in [0, 0.1) is 0 Å². The van der Waals surface area contributed by atoms with Gasteiger partial charge in [-0.3, -0.25) is 0 Å². The number of carbonyl (C=O) groups is 1. The Morgan fingerprint density at radius 3 is 1.41 bits per heavy atom. The third kappa shape index (κ3) is 6.68. The molecule has 0 saturated heterocycles. The molecule has 3 aromatic carbocycles. The fourth-order valence-electron chi connectivity index (χ4n) is 2.51. The lowest BCUT2D eigenvalue weighted by atomic mass is 10.0. The molecule has 0 heterocycles. The zero-order valence-corrected chi connectivity index (χ0v) is 16.8. The second kappa shape index (κ2) is 10.2. The van der Waals surface area contributed by atoms with Crippen LogP contribution in [-0.4, -0.2) is 12.1 Å². The van der Waals surface area contributed by atoms with Crippen LogP contribution in [0.25, 0.3) is 0 Å². The van der Waals surface area contributed by atoms with Gasteiger partial charge in [0.1, 0.15) is 5.97 Å². The van der Waals surface area contributed by atoms with Gasteiger partial charge in [0.25, 0.3) is 0 Å². The monoisotopic (exact) mass is 418 g/mol. The van der Waals surface area contributed by atoms with Crippen molar-refractivity contribution >= 4 is 16.9 Å². The minimum Gasteiger partial charge on any atom is -0.542 e. The average molecular weight is 418 g/mol. The highest BCUT2D eigenvalue weighted by Gasteiger charge is 2.29. The molecule has 0 atom stereocenters. The fraction of sp³-hybridized carbons (Fsp3) is 0.174. The van der Waals surface area contributed by atoms with E-state index in [1.807, 2.05) is 0 Å². The van der Waals surface area contributed by atoms with E-state index < -0.39 is 12.1 Å². The predicted molar refractivity (Wildman–Crippen MR) is 107 cm³/mol. The Kier molecular flexibility index (Phi) is 7.91. The smallest absolute Gasteiger partial charge is 0.430 e. The van der Waals surface area contributed by atoms with E-state index >= 15 is 0 Å². The number of alkyl halides is 3. The van der Waals surface area contributed by atoms with Gasteiger partial charge in [0.2, 0.25) is 0 Å². The molecule has 3 rings (SSSR count). The van der Waals surface area contributed by atoms with Gasteiger partial charge in [0.05, 0.1) is 10.9 Å². The molecule has 0 aliphatic rings. The van der Waals surface area contributed by atoms with E-state index in [2.05, 4.69) is 98.8 Å². The Hall–Kier alpha value is -2.73. The fourth-order valence-corrected chi connectivity index (χ4v) is 4.59. The molecule has 29 heavy (non-hydrogen) atoms. The molecule has 0 spiro atoms. The third-order valence-corrected chi connectivity index (χ3v) is 6.20. The maximum Gasteiger partial charge on any atom is 0.430 e.